The van der Waals surface area contributed by atoms with Crippen LogP contribution >= 0.6 is 11.9 Å². The molecule has 96 valence electrons. The van der Waals surface area contributed by atoms with Crippen molar-refractivity contribution in [1.82, 2.24) is 4.31 Å². The fourth-order valence-corrected chi connectivity index (χ4v) is 2.25. The van der Waals surface area contributed by atoms with E-state index < -0.39 is 18.8 Å². The van der Waals surface area contributed by atoms with Crippen LogP contribution in [0.25, 0.3) is 0 Å². The number of hydrogen-bond donors (Lipinski definition) is 1. The molecule has 2 N–H and O–H groups in total. The molecule has 0 aromatic heterocycles. The molecule has 3 nitrogen and oxygen atoms in total. The first-order valence-corrected chi connectivity index (χ1v) is 6.15. The molecule has 17 heavy (non-hydrogen) atoms. The van der Waals surface area contributed by atoms with Crippen molar-refractivity contribution < 1.29 is 9.13 Å². The van der Waals surface area contributed by atoms with E-state index in [0.717, 1.165) is 10.5 Å². The summed E-state index contributed by atoms with van der Waals surface area (Å²) >= 11 is 1.63. The zero-order valence-electron chi connectivity index (χ0n) is 10.4. The summed E-state index contributed by atoms with van der Waals surface area (Å²) < 4.78 is 19.8. The van der Waals surface area contributed by atoms with E-state index in [2.05, 4.69) is 0 Å². The number of benzene rings is 1. The van der Waals surface area contributed by atoms with Crippen molar-refractivity contribution in [3.8, 4) is 0 Å². The average Bonchev–Trinajstić information content (AvgIpc) is 2.31. The lowest BCUT2D eigenvalue weighted by molar-refractivity contribution is 0.0720. The molecule has 0 radical (unpaired) electrons. The van der Waals surface area contributed by atoms with Gasteiger partial charge in [0.25, 0.3) is 0 Å². The van der Waals surface area contributed by atoms with Crippen LogP contribution in [0.1, 0.15) is 11.7 Å². The number of alkyl halides is 1. The zero-order valence-corrected chi connectivity index (χ0v) is 11.2. The van der Waals surface area contributed by atoms with Crippen LogP contribution in [0.2, 0.25) is 0 Å². The predicted octanol–water partition coefficient (Wildman–Crippen LogP) is 2.24. The maximum absolute atomic E-state index is 12.5. The normalized spacial score (nSPS) is 14.9. The molecule has 0 aliphatic carbocycles. The number of methoxy groups -OCH3 is 1. The standard InChI is InChI=1S/C12H19FN2OS/c1-15(2)17-10-6-4-9(5-7-10)12(16-3)11(14)8-13/h4-7,11-12H,8,14H2,1-3H3. The van der Waals surface area contributed by atoms with Crippen molar-refractivity contribution >= 4 is 11.9 Å². The van der Waals surface area contributed by atoms with Gasteiger partial charge in [-0.1, -0.05) is 12.1 Å². The molecule has 0 fully saturated rings. The van der Waals surface area contributed by atoms with E-state index >= 15 is 0 Å². The van der Waals surface area contributed by atoms with E-state index in [9.17, 15) is 4.39 Å². The Morgan fingerprint density at radius 1 is 1.35 bits per heavy atom. The third-order valence-electron chi connectivity index (χ3n) is 2.32. The maximum atomic E-state index is 12.5. The third-order valence-corrected chi connectivity index (χ3v) is 3.17. The van der Waals surface area contributed by atoms with Crippen molar-refractivity contribution in [2.24, 2.45) is 5.73 Å². The molecule has 0 amide bonds. The predicted molar refractivity (Wildman–Crippen MR) is 69.7 cm³/mol. The minimum atomic E-state index is -0.618. The van der Waals surface area contributed by atoms with Crippen LogP contribution in [0, 0.1) is 0 Å². The number of ether oxygens (including phenoxy) is 1. The molecule has 0 saturated carbocycles. The Balaban J connectivity index is 2.77. The highest BCUT2D eigenvalue weighted by Crippen LogP contribution is 2.25. The summed E-state index contributed by atoms with van der Waals surface area (Å²) in [7, 11) is 5.51. The SMILES string of the molecule is COC(c1ccc(SN(C)C)cc1)C(N)CF. The fourth-order valence-electron chi connectivity index (χ4n) is 1.57. The van der Waals surface area contributed by atoms with Gasteiger partial charge in [0.1, 0.15) is 6.67 Å². The molecule has 2 unspecified atom stereocenters. The summed E-state index contributed by atoms with van der Waals surface area (Å²) in [4.78, 5) is 1.13. The molecule has 0 saturated heterocycles. The molecule has 1 aromatic rings. The molecular weight excluding hydrogens is 239 g/mol. The number of rotatable bonds is 6. The Labute approximate surface area is 106 Å². The number of hydrogen-bond acceptors (Lipinski definition) is 4. The maximum Gasteiger partial charge on any atom is 0.107 e. The van der Waals surface area contributed by atoms with Crippen LogP contribution in [-0.4, -0.2) is 38.2 Å². The van der Waals surface area contributed by atoms with Crippen molar-refractivity contribution in [1.29, 1.82) is 0 Å². The summed E-state index contributed by atoms with van der Waals surface area (Å²) in [5.41, 5.74) is 6.57. The first-order chi connectivity index (χ1) is 8.08. The fraction of sp³-hybridized carbons (Fsp3) is 0.500. The Bertz CT molecular complexity index is 332. The summed E-state index contributed by atoms with van der Waals surface area (Å²) in [6.45, 7) is -0.591. The van der Waals surface area contributed by atoms with Crippen LogP contribution in [-0.2, 0) is 4.74 Å². The van der Waals surface area contributed by atoms with Crippen molar-refractivity contribution in [3.05, 3.63) is 29.8 Å². The molecule has 2 atom stereocenters. The Morgan fingerprint density at radius 3 is 2.35 bits per heavy atom. The second-order valence-corrected chi connectivity index (χ2v) is 5.33. The molecule has 0 bridgehead atoms. The van der Waals surface area contributed by atoms with E-state index in [0.29, 0.717) is 0 Å². The third kappa shape index (κ3) is 4.27. The van der Waals surface area contributed by atoms with Crippen LogP contribution in [0.15, 0.2) is 29.2 Å². The van der Waals surface area contributed by atoms with Gasteiger partial charge < -0.3 is 10.5 Å². The second kappa shape index (κ2) is 6.96. The highest BCUT2D eigenvalue weighted by atomic mass is 32.2. The first kappa shape index (κ1) is 14.4. The second-order valence-electron chi connectivity index (χ2n) is 3.95. The van der Waals surface area contributed by atoms with Crippen molar-refractivity contribution in [2.45, 2.75) is 17.0 Å². The van der Waals surface area contributed by atoms with Gasteiger partial charge in [0.2, 0.25) is 0 Å². The molecule has 5 heteroatoms. The zero-order chi connectivity index (χ0) is 12.8. The number of halogens is 1. The summed E-state index contributed by atoms with van der Waals surface area (Å²) in [6.07, 6.45) is -0.390. The largest absolute Gasteiger partial charge is 0.375 e. The van der Waals surface area contributed by atoms with Gasteiger partial charge in [-0.2, -0.15) is 0 Å². The Morgan fingerprint density at radius 2 is 1.94 bits per heavy atom. The number of nitrogens with two attached hydrogens (primary N) is 1. The van der Waals surface area contributed by atoms with Gasteiger partial charge in [0, 0.05) is 12.0 Å². The van der Waals surface area contributed by atoms with E-state index in [1.807, 2.05) is 42.7 Å². The Hall–Kier alpha value is -0.620. The summed E-state index contributed by atoms with van der Waals surface area (Å²) in [5, 5.41) is 0. The van der Waals surface area contributed by atoms with E-state index in [4.69, 9.17) is 10.5 Å². The molecular formula is C12H19FN2OS. The molecule has 1 rings (SSSR count). The highest BCUT2D eigenvalue weighted by molar-refractivity contribution is 7.97. The first-order valence-electron chi connectivity index (χ1n) is 5.38. The summed E-state index contributed by atoms with van der Waals surface area (Å²) in [6, 6.07) is 7.20. The van der Waals surface area contributed by atoms with Crippen LogP contribution < -0.4 is 5.73 Å². The highest BCUT2D eigenvalue weighted by Gasteiger charge is 2.19. The molecule has 0 heterocycles. The topological polar surface area (TPSA) is 38.5 Å². The minimum absolute atomic E-state index is 0.390. The van der Waals surface area contributed by atoms with Crippen molar-refractivity contribution in [3.63, 3.8) is 0 Å². The summed E-state index contributed by atoms with van der Waals surface area (Å²) in [5.74, 6) is 0. The van der Waals surface area contributed by atoms with Gasteiger partial charge in [0.05, 0.1) is 12.1 Å². The van der Waals surface area contributed by atoms with Crippen molar-refractivity contribution in [2.75, 3.05) is 27.9 Å². The molecule has 0 aliphatic rings. The van der Waals surface area contributed by atoms with Gasteiger partial charge in [-0.3, -0.25) is 4.31 Å². The lowest BCUT2D eigenvalue weighted by Gasteiger charge is -2.20. The van der Waals surface area contributed by atoms with Gasteiger partial charge in [-0.15, -0.1) is 0 Å². The lowest BCUT2D eigenvalue weighted by Crippen LogP contribution is -2.31. The van der Waals surface area contributed by atoms with Crippen LogP contribution in [0.4, 0.5) is 4.39 Å². The van der Waals surface area contributed by atoms with Crippen LogP contribution in [0.3, 0.4) is 0 Å². The molecule has 1 aromatic carbocycles. The van der Waals surface area contributed by atoms with Gasteiger partial charge in [-0.05, 0) is 43.7 Å². The van der Waals surface area contributed by atoms with Gasteiger partial charge >= 0.3 is 0 Å². The monoisotopic (exact) mass is 258 g/mol. The quantitative estimate of drug-likeness (QED) is 0.794. The smallest absolute Gasteiger partial charge is 0.107 e. The van der Waals surface area contributed by atoms with E-state index in [1.165, 1.54) is 0 Å². The Kier molecular flexibility index (Phi) is 5.91. The van der Waals surface area contributed by atoms with Crippen LogP contribution in [0.5, 0.6) is 0 Å². The molecule has 0 spiro atoms. The molecule has 0 aliphatic heterocycles. The van der Waals surface area contributed by atoms with E-state index in [1.54, 1.807) is 19.1 Å². The van der Waals surface area contributed by atoms with Gasteiger partial charge in [0.15, 0.2) is 0 Å². The van der Waals surface area contributed by atoms with E-state index in [-0.39, 0.29) is 0 Å². The number of nitrogens with zero attached hydrogens (tertiary/aromatic N) is 1. The lowest BCUT2D eigenvalue weighted by atomic mass is 10.0. The average molecular weight is 258 g/mol. The minimum Gasteiger partial charge on any atom is -0.375 e. The van der Waals surface area contributed by atoms with Gasteiger partial charge in [-0.25, -0.2) is 4.39 Å².